The van der Waals surface area contributed by atoms with Gasteiger partial charge in [-0.15, -0.1) is 0 Å². The standard InChI is InChI=1S/C24H19BrN2O4/c1-31-19-7-3-2-5-17(19)14-27-21(16-6-4-12-26-13-16)20(23(29)24(27)30)22(28)15-8-10-18(25)11-9-15/h2-13,21,28H,14H2,1H3/b22-20+. The van der Waals surface area contributed by atoms with Crippen molar-refractivity contribution >= 4 is 33.4 Å². The van der Waals surface area contributed by atoms with E-state index in [4.69, 9.17) is 4.74 Å². The number of amides is 1. The lowest BCUT2D eigenvalue weighted by molar-refractivity contribution is -0.140. The van der Waals surface area contributed by atoms with Crippen LogP contribution < -0.4 is 4.74 Å². The van der Waals surface area contributed by atoms with Crippen molar-refractivity contribution in [2.75, 3.05) is 7.11 Å². The van der Waals surface area contributed by atoms with Gasteiger partial charge in [0.1, 0.15) is 11.5 Å². The lowest BCUT2D eigenvalue weighted by Gasteiger charge is -2.25. The summed E-state index contributed by atoms with van der Waals surface area (Å²) in [5.41, 5.74) is 1.88. The number of halogens is 1. The van der Waals surface area contributed by atoms with Gasteiger partial charge in [0.2, 0.25) is 0 Å². The number of methoxy groups -OCH3 is 1. The van der Waals surface area contributed by atoms with Gasteiger partial charge >= 0.3 is 0 Å². The molecule has 7 heteroatoms. The van der Waals surface area contributed by atoms with Crippen molar-refractivity contribution < 1.29 is 19.4 Å². The van der Waals surface area contributed by atoms with Gasteiger partial charge < -0.3 is 14.7 Å². The maximum atomic E-state index is 13.1. The molecule has 1 fully saturated rings. The Labute approximate surface area is 187 Å². The van der Waals surface area contributed by atoms with Crippen LogP contribution in [0.25, 0.3) is 5.76 Å². The number of hydrogen-bond acceptors (Lipinski definition) is 5. The predicted molar refractivity (Wildman–Crippen MR) is 119 cm³/mol. The highest BCUT2D eigenvalue weighted by molar-refractivity contribution is 9.10. The molecule has 1 aliphatic rings. The van der Waals surface area contributed by atoms with Gasteiger partial charge in [-0.3, -0.25) is 14.6 Å². The summed E-state index contributed by atoms with van der Waals surface area (Å²) >= 11 is 3.36. The molecule has 3 aromatic rings. The van der Waals surface area contributed by atoms with Crippen LogP contribution in [0.3, 0.4) is 0 Å². The van der Waals surface area contributed by atoms with Gasteiger partial charge in [0, 0.05) is 28.0 Å². The number of nitrogens with zero attached hydrogens (tertiary/aromatic N) is 2. The number of rotatable bonds is 5. The highest BCUT2D eigenvalue weighted by atomic mass is 79.9. The monoisotopic (exact) mass is 478 g/mol. The molecule has 1 N–H and O–H groups in total. The third kappa shape index (κ3) is 3.96. The van der Waals surface area contributed by atoms with Crippen LogP contribution in [0.1, 0.15) is 22.7 Å². The largest absolute Gasteiger partial charge is 0.507 e. The van der Waals surface area contributed by atoms with E-state index in [0.717, 1.165) is 10.0 Å². The van der Waals surface area contributed by atoms with Crippen LogP contribution in [0.4, 0.5) is 0 Å². The highest BCUT2D eigenvalue weighted by Crippen LogP contribution is 2.40. The Kier molecular flexibility index (Phi) is 5.86. The number of benzene rings is 2. The second-order valence-corrected chi connectivity index (χ2v) is 7.95. The summed E-state index contributed by atoms with van der Waals surface area (Å²) < 4.78 is 6.25. The zero-order chi connectivity index (χ0) is 22.0. The summed E-state index contributed by atoms with van der Waals surface area (Å²) in [6.45, 7) is 0.144. The SMILES string of the molecule is COc1ccccc1CN1C(=O)C(=O)/C(=C(/O)c2ccc(Br)cc2)C1c1cccnc1. The fraction of sp³-hybridized carbons (Fsp3) is 0.125. The molecule has 0 bridgehead atoms. The zero-order valence-corrected chi connectivity index (χ0v) is 18.2. The molecule has 0 radical (unpaired) electrons. The molecule has 0 aliphatic carbocycles. The zero-order valence-electron chi connectivity index (χ0n) is 16.7. The summed E-state index contributed by atoms with van der Waals surface area (Å²) in [6, 6.07) is 17.0. The van der Waals surface area contributed by atoms with Crippen molar-refractivity contribution in [2.24, 2.45) is 0 Å². The normalized spacial score (nSPS) is 17.7. The second-order valence-electron chi connectivity index (χ2n) is 7.03. The number of ether oxygens (including phenoxy) is 1. The number of hydrogen-bond donors (Lipinski definition) is 1. The van der Waals surface area contributed by atoms with Crippen molar-refractivity contribution in [3.05, 3.63) is 99.8 Å². The van der Waals surface area contributed by atoms with E-state index in [1.807, 2.05) is 18.2 Å². The Morgan fingerprint density at radius 2 is 1.84 bits per heavy atom. The number of likely N-dealkylation sites (tertiary alicyclic amines) is 1. The minimum Gasteiger partial charge on any atom is -0.507 e. The maximum absolute atomic E-state index is 13.1. The molecule has 2 heterocycles. The molecule has 1 unspecified atom stereocenters. The van der Waals surface area contributed by atoms with Crippen molar-refractivity contribution in [2.45, 2.75) is 12.6 Å². The van der Waals surface area contributed by atoms with Gasteiger partial charge in [0.25, 0.3) is 11.7 Å². The molecule has 1 atom stereocenters. The first-order valence-electron chi connectivity index (χ1n) is 9.57. The number of aromatic nitrogens is 1. The number of Topliss-reactive ketones (excluding diaryl/α,β-unsaturated/α-hetero) is 1. The molecule has 31 heavy (non-hydrogen) atoms. The topological polar surface area (TPSA) is 79.7 Å². The molecule has 156 valence electrons. The summed E-state index contributed by atoms with van der Waals surface area (Å²) in [6.07, 6.45) is 3.21. The first-order chi connectivity index (χ1) is 15.0. The van der Waals surface area contributed by atoms with E-state index >= 15 is 0 Å². The van der Waals surface area contributed by atoms with Gasteiger partial charge in [-0.25, -0.2) is 0 Å². The molecule has 1 amide bonds. The Morgan fingerprint density at radius 1 is 1.10 bits per heavy atom. The van der Waals surface area contributed by atoms with Crippen LogP contribution in [0.5, 0.6) is 5.75 Å². The van der Waals surface area contributed by atoms with Crippen LogP contribution in [-0.4, -0.2) is 33.8 Å². The molecular weight excluding hydrogens is 460 g/mol. The van der Waals surface area contributed by atoms with E-state index in [2.05, 4.69) is 20.9 Å². The van der Waals surface area contributed by atoms with Gasteiger partial charge in [-0.05, 0) is 29.8 Å². The smallest absolute Gasteiger partial charge is 0.295 e. The van der Waals surface area contributed by atoms with Crippen molar-refractivity contribution in [1.82, 2.24) is 9.88 Å². The van der Waals surface area contributed by atoms with Gasteiger partial charge in [-0.1, -0.05) is 52.3 Å². The molecule has 2 aromatic carbocycles. The summed E-state index contributed by atoms with van der Waals surface area (Å²) in [4.78, 5) is 31.7. The number of pyridine rings is 1. The van der Waals surface area contributed by atoms with Crippen molar-refractivity contribution in [3.63, 3.8) is 0 Å². The summed E-state index contributed by atoms with van der Waals surface area (Å²) in [5.74, 6) is -1.02. The highest BCUT2D eigenvalue weighted by Gasteiger charge is 2.46. The molecule has 4 rings (SSSR count). The third-order valence-electron chi connectivity index (χ3n) is 5.19. The molecular formula is C24H19BrN2O4. The van der Waals surface area contributed by atoms with Crippen molar-refractivity contribution in [3.8, 4) is 5.75 Å². The summed E-state index contributed by atoms with van der Waals surface area (Å²) in [5, 5.41) is 11.0. The predicted octanol–water partition coefficient (Wildman–Crippen LogP) is 4.47. The molecule has 0 spiro atoms. The molecule has 1 aliphatic heterocycles. The maximum Gasteiger partial charge on any atom is 0.295 e. The minimum absolute atomic E-state index is 0.0372. The van der Waals surface area contributed by atoms with Gasteiger partial charge in [-0.2, -0.15) is 0 Å². The average molecular weight is 479 g/mol. The van der Waals surface area contributed by atoms with E-state index in [1.54, 1.807) is 62.0 Å². The number of carbonyl (C=O) groups is 2. The molecule has 1 aromatic heterocycles. The molecule has 6 nitrogen and oxygen atoms in total. The van der Waals surface area contributed by atoms with E-state index in [0.29, 0.717) is 16.9 Å². The van der Waals surface area contributed by atoms with Crippen LogP contribution in [0.2, 0.25) is 0 Å². The lowest BCUT2D eigenvalue weighted by Crippen LogP contribution is -2.29. The number of para-hydroxylation sites is 1. The van der Waals surface area contributed by atoms with Crippen LogP contribution in [-0.2, 0) is 16.1 Å². The minimum atomic E-state index is -0.776. The van der Waals surface area contributed by atoms with E-state index < -0.39 is 17.7 Å². The Hall–Kier alpha value is -3.45. The first kappa shape index (κ1) is 20.8. The number of ketones is 1. The Bertz CT molecular complexity index is 1160. The van der Waals surface area contributed by atoms with Crippen LogP contribution in [0, 0.1) is 0 Å². The third-order valence-corrected chi connectivity index (χ3v) is 5.72. The second kappa shape index (κ2) is 8.73. The molecule has 0 saturated carbocycles. The van der Waals surface area contributed by atoms with Gasteiger partial charge in [0.05, 0.1) is 25.3 Å². The molecule has 1 saturated heterocycles. The fourth-order valence-corrected chi connectivity index (χ4v) is 3.97. The van der Waals surface area contributed by atoms with Crippen molar-refractivity contribution in [1.29, 1.82) is 0 Å². The van der Waals surface area contributed by atoms with Crippen LogP contribution >= 0.6 is 15.9 Å². The van der Waals surface area contributed by atoms with E-state index in [1.165, 1.54) is 4.90 Å². The Morgan fingerprint density at radius 3 is 2.52 bits per heavy atom. The summed E-state index contributed by atoms with van der Waals surface area (Å²) in [7, 11) is 1.55. The van der Waals surface area contributed by atoms with E-state index in [-0.39, 0.29) is 17.9 Å². The first-order valence-corrected chi connectivity index (χ1v) is 10.4. The Balaban J connectivity index is 1.85. The van der Waals surface area contributed by atoms with E-state index in [9.17, 15) is 14.7 Å². The number of aliphatic hydroxyl groups excluding tert-OH is 1. The average Bonchev–Trinajstić information content (AvgIpc) is 3.05. The van der Waals surface area contributed by atoms with Crippen LogP contribution in [0.15, 0.2) is 83.1 Å². The fourth-order valence-electron chi connectivity index (χ4n) is 3.71. The lowest BCUT2D eigenvalue weighted by atomic mass is 9.96. The number of aliphatic hydroxyl groups is 1. The number of carbonyl (C=O) groups excluding carboxylic acids is 2. The quantitative estimate of drug-likeness (QED) is 0.332. The van der Waals surface area contributed by atoms with Gasteiger partial charge in [0.15, 0.2) is 0 Å².